The van der Waals surface area contributed by atoms with E-state index in [0.29, 0.717) is 18.8 Å². The molecule has 5 heteroatoms. The molecule has 3 aromatic carbocycles. The van der Waals surface area contributed by atoms with Gasteiger partial charge in [0.05, 0.1) is 37.9 Å². The van der Waals surface area contributed by atoms with Gasteiger partial charge in [0.1, 0.15) is 11.5 Å². The number of amides is 1. The molecule has 0 spiro atoms. The molecule has 31 heavy (non-hydrogen) atoms. The lowest BCUT2D eigenvalue weighted by Gasteiger charge is -2.30. The predicted octanol–water partition coefficient (Wildman–Crippen LogP) is 4.34. The van der Waals surface area contributed by atoms with E-state index in [0.717, 1.165) is 28.3 Å². The summed E-state index contributed by atoms with van der Waals surface area (Å²) in [6.45, 7) is 1.08. The summed E-state index contributed by atoms with van der Waals surface area (Å²) in [7, 11) is 1.66. The van der Waals surface area contributed by atoms with Crippen LogP contribution in [0.25, 0.3) is 0 Å². The highest BCUT2D eigenvalue weighted by Gasteiger charge is 2.50. The zero-order valence-corrected chi connectivity index (χ0v) is 17.3. The molecule has 2 atom stereocenters. The Kier molecular flexibility index (Phi) is 5.08. The van der Waals surface area contributed by atoms with Crippen molar-refractivity contribution in [2.24, 2.45) is 15.9 Å². The monoisotopic (exact) mass is 409 g/mol. The molecule has 1 amide bonds. The number of rotatable bonds is 4. The normalized spacial score (nSPS) is 20.5. The molecule has 3 aromatic rings. The van der Waals surface area contributed by atoms with Crippen molar-refractivity contribution in [3.05, 3.63) is 96.1 Å². The van der Waals surface area contributed by atoms with E-state index < -0.39 is 0 Å². The Bertz CT molecular complexity index is 1160. The van der Waals surface area contributed by atoms with E-state index in [1.807, 2.05) is 77.7 Å². The Morgan fingerprint density at radius 3 is 2.13 bits per heavy atom. The average molecular weight is 409 g/mol. The molecule has 0 bridgehead atoms. The molecular weight excluding hydrogens is 386 g/mol. The van der Waals surface area contributed by atoms with Gasteiger partial charge in [-0.05, 0) is 23.8 Å². The number of benzene rings is 3. The Morgan fingerprint density at radius 2 is 1.42 bits per heavy atom. The number of hydrogen-bond acceptors (Lipinski definition) is 4. The molecule has 0 radical (unpaired) electrons. The van der Waals surface area contributed by atoms with Crippen molar-refractivity contribution in [1.82, 2.24) is 0 Å². The van der Waals surface area contributed by atoms with E-state index >= 15 is 0 Å². The lowest BCUT2D eigenvalue weighted by Crippen LogP contribution is -2.31. The summed E-state index contributed by atoms with van der Waals surface area (Å²) in [5.41, 5.74) is 4.28. The van der Waals surface area contributed by atoms with Crippen molar-refractivity contribution < 1.29 is 9.53 Å². The maximum Gasteiger partial charge on any atom is 0.273 e. The standard InChI is InChI=1S/C26H23N3O2/c1-31-21-15-9-8-14-20(21)25-22-23(18-10-4-2-5-11-18)27-16-17-28-24(22)26(30)29(25)19-12-6-3-7-13-19/h2-15,22,25H,16-17H2,1H3/t22-,25+/m0/s1. The highest BCUT2D eigenvalue weighted by Crippen LogP contribution is 2.45. The molecule has 2 heterocycles. The third-order valence-electron chi connectivity index (χ3n) is 5.85. The second-order valence-electron chi connectivity index (χ2n) is 7.58. The van der Waals surface area contributed by atoms with Gasteiger partial charge >= 0.3 is 0 Å². The minimum atomic E-state index is -0.304. The van der Waals surface area contributed by atoms with Gasteiger partial charge in [0.2, 0.25) is 0 Å². The third kappa shape index (κ3) is 3.32. The van der Waals surface area contributed by atoms with Crippen LogP contribution in [0.2, 0.25) is 0 Å². The fourth-order valence-electron chi connectivity index (χ4n) is 4.54. The van der Waals surface area contributed by atoms with Gasteiger partial charge in [0.25, 0.3) is 5.91 Å². The van der Waals surface area contributed by atoms with Crippen LogP contribution >= 0.6 is 0 Å². The largest absolute Gasteiger partial charge is 0.496 e. The summed E-state index contributed by atoms with van der Waals surface area (Å²) in [6, 6.07) is 27.5. The van der Waals surface area contributed by atoms with Crippen LogP contribution in [0.1, 0.15) is 17.2 Å². The van der Waals surface area contributed by atoms with Crippen LogP contribution in [-0.2, 0) is 4.79 Å². The van der Waals surface area contributed by atoms with Gasteiger partial charge in [-0.15, -0.1) is 0 Å². The minimum absolute atomic E-state index is 0.0716. The highest BCUT2D eigenvalue weighted by molar-refractivity contribution is 6.51. The number of carbonyl (C=O) groups excluding carboxylic acids is 1. The molecule has 0 aliphatic carbocycles. The average Bonchev–Trinajstić information content (AvgIpc) is 2.97. The first kappa shape index (κ1) is 19.2. The summed E-state index contributed by atoms with van der Waals surface area (Å²) in [6.07, 6.45) is 0. The van der Waals surface area contributed by atoms with Crippen LogP contribution in [0.4, 0.5) is 5.69 Å². The van der Waals surface area contributed by atoms with E-state index in [1.165, 1.54) is 0 Å². The van der Waals surface area contributed by atoms with Crippen molar-refractivity contribution in [2.75, 3.05) is 25.1 Å². The van der Waals surface area contributed by atoms with Crippen LogP contribution in [0.5, 0.6) is 5.75 Å². The number of fused-ring (bicyclic) bond motifs is 1. The van der Waals surface area contributed by atoms with E-state index in [9.17, 15) is 4.79 Å². The number of aliphatic imine (C=N–C) groups is 2. The fourth-order valence-corrected chi connectivity index (χ4v) is 4.54. The molecule has 2 aliphatic heterocycles. The van der Waals surface area contributed by atoms with Crippen molar-refractivity contribution in [3.63, 3.8) is 0 Å². The Morgan fingerprint density at radius 1 is 0.806 bits per heavy atom. The molecule has 2 aliphatic rings. The lowest BCUT2D eigenvalue weighted by atomic mass is 9.84. The SMILES string of the molecule is COc1ccccc1[C@@H]1[C@@H]2C(=NCCN=C2c2ccccc2)C(=O)N1c1ccccc1. The van der Waals surface area contributed by atoms with Gasteiger partial charge in [-0.1, -0.05) is 66.7 Å². The predicted molar refractivity (Wildman–Crippen MR) is 123 cm³/mol. The van der Waals surface area contributed by atoms with Gasteiger partial charge in [0, 0.05) is 11.3 Å². The molecule has 5 nitrogen and oxygen atoms in total. The smallest absolute Gasteiger partial charge is 0.273 e. The maximum absolute atomic E-state index is 13.8. The first-order valence-corrected chi connectivity index (χ1v) is 10.4. The number of ether oxygens (including phenoxy) is 1. The number of para-hydroxylation sites is 2. The number of hydrogen-bond donors (Lipinski definition) is 0. The van der Waals surface area contributed by atoms with Gasteiger partial charge < -0.3 is 4.74 Å². The zero-order valence-electron chi connectivity index (χ0n) is 17.3. The summed E-state index contributed by atoms with van der Waals surface area (Å²) >= 11 is 0. The van der Waals surface area contributed by atoms with Crippen LogP contribution in [0.3, 0.4) is 0 Å². The fraction of sp³-hybridized carbons (Fsp3) is 0.192. The number of methoxy groups -OCH3 is 1. The molecule has 1 fully saturated rings. The van der Waals surface area contributed by atoms with Crippen molar-refractivity contribution >= 4 is 23.0 Å². The molecule has 5 rings (SSSR count). The molecule has 0 unspecified atom stereocenters. The second kappa shape index (κ2) is 8.19. The quantitative estimate of drug-likeness (QED) is 0.644. The number of anilines is 1. The van der Waals surface area contributed by atoms with Crippen LogP contribution in [-0.4, -0.2) is 37.5 Å². The summed E-state index contributed by atoms with van der Waals surface area (Å²) in [5, 5.41) is 0. The van der Waals surface area contributed by atoms with Gasteiger partial charge in [-0.2, -0.15) is 0 Å². The van der Waals surface area contributed by atoms with E-state index in [2.05, 4.69) is 12.1 Å². The maximum atomic E-state index is 13.8. The lowest BCUT2D eigenvalue weighted by molar-refractivity contribution is -0.112. The van der Waals surface area contributed by atoms with Crippen molar-refractivity contribution in [2.45, 2.75) is 6.04 Å². The summed E-state index contributed by atoms with van der Waals surface area (Å²) < 4.78 is 5.71. The molecule has 0 aromatic heterocycles. The summed E-state index contributed by atoms with van der Waals surface area (Å²) in [5.74, 6) is 0.394. The van der Waals surface area contributed by atoms with Crippen LogP contribution < -0.4 is 9.64 Å². The Hall–Kier alpha value is -3.73. The first-order valence-electron chi connectivity index (χ1n) is 10.4. The van der Waals surface area contributed by atoms with E-state index in [1.54, 1.807) is 7.11 Å². The minimum Gasteiger partial charge on any atom is -0.496 e. The van der Waals surface area contributed by atoms with E-state index in [-0.39, 0.29) is 17.9 Å². The molecule has 0 saturated carbocycles. The van der Waals surface area contributed by atoms with E-state index in [4.69, 9.17) is 14.7 Å². The van der Waals surface area contributed by atoms with Gasteiger partial charge in [-0.3, -0.25) is 19.7 Å². The van der Waals surface area contributed by atoms with Crippen LogP contribution in [0, 0.1) is 5.92 Å². The second-order valence-corrected chi connectivity index (χ2v) is 7.58. The van der Waals surface area contributed by atoms with Gasteiger partial charge in [0.15, 0.2) is 0 Å². The number of carbonyl (C=O) groups is 1. The Balaban J connectivity index is 1.75. The van der Waals surface area contributed by atoms with Crippen LogP contribution in [0.15, 0.2) is 94.9 Å². The summed E-state index contributed by atoms with van der Waals surface area (Å²) in [4.78, 5) is 25.2. The van der Waals surface area contributed by atoms with Gasteiger partial charge in [-0.25, -0.2) is 0 Å². The van der Waals surface area contributed by atoms with Crippen molar-refractivity contribution in [1.29, 1.82) is 0 Å². The number of nitrogens with zero attached hydrogens (tertiary/aromatic N) is 3. The first-order chi connectivity index (χ1) is 15.3. The third-order valence-corrected chi connectivity index (χ3v) is 5.85. The molecule has 1 saturated heterocycles. The molecular formula is C26H23N3O2. The molecule has 154 valence electrons. The zero-order chi connectivity index (χ0) is 21.2. The Labute approximate surface area is 181 Å². The van der Waals surface area contributed by atoms with Crippen molar-refractivity contribution in [3.8, 4) is 5.75 Å². The highest BCUT2D eigenvalue weighted by atomic mass is 16.5. The molecule has 0 N–H and O–H groups in total. The topological polar surface area (TPSA) is 54.3 Å².